The molecule has 1 amide bonds. The summed E-state index contributed by atoms with van der Waals surface area (Å²) in [4.78, 5) is 19.9. The zero-order valence-electron chi connectivity index (χ0n) is 10.8. The SMILES string of the molecule is CNC(=O)CNc1cc([C@@H]2CCCN2)nc(C)n1. The molecule has 1 aromatic rings. The number of anilines is 1. The molecule has 0 spiro atoms. The van der Waals surface area contributed by atoms with Crippen LogP contribution in [0.4, 0.5) is 5.82 Å². The monoisotopic (exact) mass is 249 g/mol. The average Bonchev–Trinajstić information content (AvgIpc) is 2.89. The van der Waals surface area contributed by atoms with E-state index < -0.39 is 0 Å². The van der Waals surface area contributed by atoms with E-state index in [1.165, 1.54) is 6.42 Å². The van der Waals surface area contributed by atoms with Crippen LogP contribution in [-0.2, 0) is 4.79 Å². The molecule has 98 valence electrons. The van der Waals surface area contributed by atoms with Crippen LogP contribution in [0.5, 0.6) is 0 Å². The van der Waals surface area contributed by atoms with Gasteiger partial charge in [0.15, 0.2) is 0 Å². The number of hydrogen-bond donors (Lipinski definition) is 3. The third-order valence-corrected chi connectivity index (χ3v) is 2.98. The normalized spacial score (nSPS) is 18.7. The van der Waals surface area contributed by atoms with Crippen LogP contribution in [-0.4, -0.2) is 36.0 Å². The first-order chi connectivity index (χ1) is 8.69. The molecule has 6 nitrogen and oxygen atoms in total. The number of aromatic nitrogens is 2. The molecule has 0 aromatic carbocycles. The zero-order chi connectivity index (χ0) is 13.0. The van der Waals surface area contributed by atoms with Gasteiger partial charge in [0.25, 0.3) is 0 Å². The summed E-state index contributed by atoms with van der Waals surface area (Å²) in [5.74, 6) is 1.36. The predicted molar refractivity (Wildman–Crippen MR) is 69.3 cm³/mol. The summed E-state index contributed by atoms with van der Waals surface area (Å²) in [6.45, 7) is 3.13. The van der Waals surface area contributed by atoms with Crippen molar-refractivity contribution < 1.29 is 4.79 Å². The highest BCUT2D eigenvalue weighted by Gasteiger charge is 2.18. The van der Waals surface area contributed by atoms with Crippen molar-refractivity contribution in [3.8, 4) is 0 Å². The lowest BCUT2D eigenvalue weighted by Crippen LogP contribution is -2.26. The van der Waals surface area contributed by atoms with Gasteiger partial charge in [0, 0.05) is 19.2 Å². The third-order valence-electron chi connectivity index (χ3n) is 2.98. The molecular formula is C12H19N5O. The number of likely N-dealkylation sites (N-methyl/N-ethyl adjacent to an activating group) is 1. The van der Waals surface area contributed by atoms with Crippen molar-refractivity contribution in [3.63, 3.8) is 0 Å². The van der Waals surface area contributed by atoms with Crippen LogP contribution >= 0.6 is 0 Å². The fourth-order valence-corrected chi connectivity index (χ4v) is 2.06. The minimum atomic E-state index is -0.0631. The number of rotatable bonds is 4. The zero-order valence-corrected chi connectivity index (χ0v) is 10.8. The first-order valence-electron chi connectivity index (χ1n) is 6.22. The van der Waals surface area contributed by atoms with Crippen LogP contribution in [0.15, 0.2) is 6.07 Å². The number of carbonyl (C=O) groups excluding carboxylic acids is 1. The van der Waals surface area contributed by atoms with Crippen molar-refractivity contribution in [2.24, 2.45) is 0 Å². The summed E-state index contributed by atoms with van der Waals surface area (Å²) in [6, 6.07) is 2.23. The van der Waals surface area contributed by atoms with Gasteiger partial charge in [-0.15, -0.1) is 0 Å². The minimum absolute atomic E-state index is 0.0631. The molecule has 1 atom stereocenters. The maximum absolute atomic E-state index is 11.2. The molecule has 1 aliphatic heterocycles. The first kappa shape index (κ1) is 12.8. The lowest BCUT2D eigenvalue weighted by atomic mass is 10.1. The quantitative estimate of drug-likeness (QED) is 0.718. The second-order valence-electron chi connectivity index (χ2n) is 4.40. The van der Waals surface area contributed by atoms with Crippen LogP contribution in [0.25, 0.3) is 0 Å². The minimum Gasteiger partial charge on any atom is -0.361 e. The fraction of sp³-hybridized carbons (Fsp3) is 0.583. The van der Waals surface area contributed by atoms with Crippen LogP contribution in [0, 0.1) is 6.92 Å². The number of nitrogens with zero attached hydrogens (tertiary/aromatic N) is 2. The lowest BCUT2D eigenvalue weighted by molar-refractivity contribution is -0.118. The Balaban J connectivity index is 2.08. The summed E-state index contributed by atoms with van der Waals surface area (Å²) < 4.78 is 0. The van der Waals surface area contributed by atoms with Gasteiger partial charge in [-0.05, 0) is 26.3 Å². The Kier molecular flexibility index (Phi) is 4.09. The van der Waals surface area contributed by atoms with Gasteiger partial charge in [0.05, 0.1) is 12.2 Å². The van der Waals surface area contributed by atoms with E-state index in [-0.39, 0.29) is 12.5 Å². The lowest BCUT2D eigenvalue weighted by Gasteiger charge is -2.12. The second kappa shape index (κ2) is 5.77. The highest BCUT2D eigenvalue weighted by atomic mass is 16.1. The van der Waals surface area contributed by atoms with E-state index in [0.717, 1.165) is 24.5 Å². The Morgan fingerprint density at radius 1 is 1.56 bits per heavy atom. The van der Waals surface area contributed by atoms with Crippen molar-refractivity contribution in [2.75, 3.05) is 25.5 Å². The summed E-state index contributed by atoms with van der Waals surface area (Å²) in [5.41, 5.74) is 0.999. The molecule has 0 radical (unpaired) electrons. The van der Waals surface area contributed by atoms with Gasteiger partial charge in [-0.2, -0.15) is 0 Å². The Morgan fingerprint density at radius 2 is 2.39 bits per heavy atom. The highest BCUT2D eigenvalue weighted by molar-refractivity contribution is 5.80. The van der Waals surface area contributed by atoms with Crippen molar-refractivity contribution >= 4 is 11.7 Å². The summed E-state index contributed by atoms with van der Waals surface area (Å²) in [7, 11) is 1.61. The van der Waals surface area contributed by atoms with E-state index in [9.17, 15) is 4.79 Å². The summed E-state index contributed by atoms with van der Waals surface area (Å²) in [6.07, 6.45) is 2.28. The molecule has 0 aliphatic carbocycles. The number of hydrogen-bond acceptors (Lipinski definition) is 5. The maximum atomic E-state index is 11.2. The molecule has 0 bridgehead atoms. The van der Waals surface area contributed by atoms with Gasteiger partial charge in [-0.25, -0.2) is 9.97 Å². The van der Waals surface area contributed by atoms with Gasteiger partial charge in [0.1, 0.15) is 11.6 Å². The Morgan fingerprint density at radius 3 is 3.06 bits per heavy atom. The molecule has 2 rings (SSSR count). The molecular weight excluding hydrogens is 230 g/mol. The average molecular weight is 249 g/mol. The van der Waals surface area contributed by atoms with E-state index in [1.807, 2.05) is 13.0 Å². The van der Waals surface area contributed by atoms with Crippen molar-refractivity contribution in [1.29, 1.82) is 0 Å². The van der Waals surface area contributed by atoms with Gasteiger partial charge in [0.2, 0.25) is 5.91 Å². The summed E-state index contributed by atoms with van der Waals surface area (Å²) >= 11 is 0. The summed E-state index contributed by atoms with van der Waals surface area (Å²) in [5, 5.41) is 8.98. The van der Waals surface area contributed by atoms with E-state index in [4.69, 9.17) is 0 Å². The molecule has 1 saturated heterocycles. The van der Waals surface area contributed by atoms with Crippen molar-refractivity contribution in [1.82, 2.24) is 20.6 Å². The van der Waals surface area contributed by atoms with Crippen molar-refractivity contribution in [2.45, 2.75) is 25.8 Å². The molecule has 1 fully saturated rings. The molecule has 1 aliphatic rings. The van der Waals surface area contributed by atoms with Crippen LogP contribution in [0.2, 0.25) is 0 Å². The van der Waals surface area contributed by atoms with Gasteiger partial charge in [-0.3, -0.25) is 4.79 Å². The molecule has 0 saturated carbocycles. The molecule has 1 aromatic heterocycles. The topological polar surface area (TPSA) is 78.9 Å². The fourth-order valence-electron chi connectivity index (χ4n) is 2.06. The predicted octanol–water partition coefficient (Wildman–Crippen LogP) is 0.367. The second-order valence-corrected chi connectivity index (χ2v) is 4.40. The number of carbonyl (C=O) groups is 1. The molecule has 18 heavy (non-hydrogen) atoms. The standard InChI is InChI=1S/C12H19N5O/c1-8-16-10(9-4-3-5-14-9)6-11(17-8)15-7-12(18)13-2/h6,9,14H,3-5,7H2,1-2H3,(H,13,18)(H,15,16,17)/t9-/m0/s1. The number of nitrogens with one attached hydrogen (secondary N) is 3. The molecule has 6 heteroatoms. The van der Waals surface area contributed by atoms with Crippen LogP contribution < -0.4 is 16.0 Å². The van der Waals surface area contributed by atoms with Crippen molar-refractivity contribution in [3.05, 3.63) is 17.6 Å². The van der Waals surface area contributed by atoms with Crippen LogP contribution in [0.1, 0.15) is 30.4 Å². The third kappa shape index (κ3) is 3.16. The highest BCUT2D eigenvalue weighted by Crippen LogP contribution is 2.22. The van der Waals surface area contributed by atoms with Gasteiger partial charge >= 0.3 is 0 Å². The molecule has 0 unspecified atom stereocenters. The Hall–Kier alpha value is -1.69. The van der Waals surface area contributed by atoms with E-state index in [1.54, 1.807) is 7.05 Å². The number of aryl methyl sites for hydroxylation is 1. The number of amides is 1. The first-order valence-corrected chi connectivity index (χ1v) is 6.22. The maximum Gasteiger partial charge on any atom is 0.239 e. The van der Waals surface area contributed by atoms with Gasteiger partial charge in [-0.1, -0.05) is 0 Å². The smallest absolute Gasteiger partial charge is 0.239 e. The van der Waals surface area contributed by atoms with E-state index >= 15 is 0 Å². The van der Waals surface area contributed by atoms with E-state index in [0.29, 0.717) is 11.9 Å². The van der Waals surface area contributed by atoms with E-state index in [2.05, 4.69) is 25.9 Å². The Bertz CT molecular complexity index is 428. The largest absolute Gasteiger partial charge is 0.361 e. The molecule has 3 N–H and O–H groups in total. The van der Waals surface area contributed by atoms with Gasteiger partial charge < -0.3 is 16.0 Å². The molecule has 2 heterocycles. The Labute approximate surface area is 107 Å². The van der Waals surface area contributed by atoms with Crippen LogP contribution in [0.3, 0.4) is 0 Å².